The molecule has 2 aromatic rings. The van der Waals surface area contributed by atoms with Crippen molar-refractivity contribution >= 4 is 38.6 Å². The average Bonchev–Trinajstić information content (AvgIpc) is 3.33. The normalized spacial score (nSPS) is 16.1. The lowest BCUT2D eigenvalue weighted by Crippen LogP contribution is -2.50. The Morgan fingerprint density at radius 1 is 1.19 bits per heavy atom. The predicted molar refractivity (Wildman–Crippen MR) is 106 cm³/mol. The van der Waals surface area contributed by atoms with Crippen molar-refractivity contribution in [3.63, 3.8) is 0 Å². The summed E-state index contributed by atoms with van der Waals surface area (Å²) in [6.07, 6.45) is 0.842. The van der Waals surface area contributed by atoms with Gasteiger partial charge in [0.05, 0.1) is 4.88 Å². The van der Waals surface area contributed by atoms with Crippen molar-refractivity contribution in [2.45, 2.75) is 17.6 Å². The lowest BCUT2D eigenvalue weighted by molar-refractivity contribution is 0.0645. The molecule has 1 amide bonds. The first-order valence-corrected chi connectivity index (χ1v) is 11.8. The van der Waals surface area contributed by atoms with Crippen LogP contribution in [-0.4, -0.2) is 63.4 Å². The van der Waals surface area contributed by atoms with Crippen LogP contribution in [0.4, 0.5) is 0 Å². The standard InChI is InChI=1S/C17H23N3O3S3/c1-2-14-5-6-16(25-14)26(22,23)18-7-8-19-9-11-20(12-10-19)17(21)15-4-3-13-24-15/h3-6,13,18H,2,7-12H2,1H3. The zero-order valence-electron chi connectivity index (χ0n) is 14.7. The van der Waals surface area contributed by atoms with Crippen LogP contribution < -0.4 is 4.72 Å². The van der Waals surface area contributed by atoms with Crippen molar-refractivity contribution in [3.05, 3.63) is 39.4 Å². The summed E-state index contributed by atoms with van der Waals surface area (Å²) in [7, 11) is -3.43. The Morgan fingerprint density at radius 3 is 2.58 bits per heavy atom. The Morgan fingerprint density at radius 2 is 1.96 bits per heavy atom. The number of hydrogen-bond donors (Lipinski definition) is 1. The van der Waals surface area contributed by atoms with Crippen molar-refractivity contribution in [2.24, 2.45) is 0 Å². The zero-order chi connectivity index (χ0) is 18.6. The monoisotopic (exact) mass is 413 g/mol. The maximum atomic E-state index is 12.3. The van der Waals surface area contributed by atoms with Gasteiger partial charge < -0.3 is 4.90 Å². The first-order valence-electron chi connectivity index (χ1n) is 8.63. The molecule has 0 radical (unpaired) electrons. The Kier molecular flexibility index (Phi) is 6.46. The first-order chi connectivity index (χ1) is 12.5. The fraction of sp³-hybridized carbons (Fsp3) is 0.471. The van der Waals surface area contributed by atoms with Gasteiger partial charge in [-0.3, -0.25) is 9.69 Å². The molecule has 0 bridgehead atoms. The molecule has 0 aliphatic carbocycles. The number of thiophene rings is 2. The Hall–Kier alpha value is -1.26. The van der Waals surface area contributed by atoms with E-state index in [-0.39, 0.29) is 5.91 Å². The fourth-order valence-corrected chi connectivity index (χ4v) is 5.88. The van der Waals surface area contributed by atoms with Crippen LogP contribution in [-0.2, 0) is 16.4 Å². The molecule has 0 saturated carbocycles. The van der Waals surface area contributed by atoms with Gasteiger partial charge in [0, 0.05) is 44.1 Å². The van der Waals surface area contributed by atoms with E-state index in [0.29, 0.717) is 30.4 Å². The van der Waals surface area contributed by atoms with Gasteiger partial charge in [-0.15, -0.1) is 22.7 Å². The second kappa shape index (κ2) is 8.62. The summed E-state index contributed by atoms with van der Waals surface area (Å²) < 4.78 is 27.7. The summed E-state index contributed by atoms with van der Waals surface area (Å²) in [6.45, 7) is 5.91. The summed E-state index contributed by atoms with van der Waals surface area (Å²) in [5.41, 5.74) is 0. The van der Waals surface area contributed by atoms with Crippen molar-refractivity contribution in [1.29, 1.82) is 0 Å². The van der Waals surface area contributed by atoms with Crippen molar-refractivity contribution < 1.29 is 13.2 Å². The summed E-state index contributed by atoms with van der Waals surface area (Å²) in [5.74, 6) is 0.0878. The predicted octanol–water partition coefficient (Wildman–Crippen LogP) is 2.11. The van der Waals surface area contributed by atoms with Crippen LogP contribution in [0.2, 0.25) is 0 Å². The number of nitrogens with zero attached hydrogens (tertiary/aromatic N) is 2. The lowest BCUT2D eigenvalue weighted by atomic mass is 10.3. The molecule has 6 nitrogen and oxygen atoms in total. The summed E-state index contributed by atoms with van der Waals surface area (Å²) in [4.78, 5) is 18.2. The fourth-order valence-electron chi connectivity index (χ4n) is 2.83. The molecular formula is C17H23N3O3S3. The molecule has 2 aromatic heterocycles. The third kappa shape index (κ3) is 4.72. The topological polar surface area (TPSA) is 69.7 Å². The highest BCUT2D eigenvalue weighted by molar-refractivity contribution is 7.91. The van der Waals surface area contributed by atoms with Gasteiger partial charge in [-0.05, 0) is 30.0 Å². The number of carbonyl (C=O) groups excluding carboxylic acids is 1. The van der Waals surface area contributed by atoms with E-state index >= 15 is 0 Å². The average molecular weight is 414 g/mol. The third-order valence-electron chi connectivity index (χ3n) is 4.36. The number of aryl methyl sites for hydroxylation is 1. The maximum absolute atomic E-state index is 12.3. The van der Waals surface area contributed by atoms with Crippen molar-refractivity contribution in [2.75, 3.05) is 39.3 Å². The number of hydrogen-bond acceptors (Lipinski definition) is 6. The van der Waals surface area contributed by atoms with Crippen molar-refractivity contribution in [1.82, 2.24) is 14.5 Å². The maximum Gasteiger partial charge on any atom is 0.264 e. The molecular weight excluding hydrogens is 390 g/mol. The van der Waals surface area contributed by atoms with Crippen LogP contribution in [0.25, 0.3) is 0 Å². The molecule has 0 unspecified atom stereocenters. The van der Waals surface area contributed by atoms with E-state index in [1.165, 1.54) is 22.7 Å². The zero-order valence-corrected chi connectivity index (χ0v) is 17.1. The van der Waals surface area contributed by atoms with E-state index in [1.54, 1.807) is 6.07 Å². The molecule has 0 atom stereocenters. The van der Waals surface area contributed by atoms with Crippen LogP contribution >= 0.6 is 22.7 Å². The first kappa shape index (κ1) is 19.5. The van der Waals surface area contributed by atoms with E-state index in [0.717, 1.165) is 29.3 Å². The molecule has 1 N–H and O–H groups in total. The number of carbonyl (C=O) groups is 1. The van der Waals surface area contributed by atoms with Gasteiger partial charge in [-0.2, -0.15) is 0 Å². The largest absolute Gasteiger partial charge is 0.335 e. The minimum Gasteiger partial charge on any atom is -0.335 e. The molecule has 1 saturated heterocycles. The quantitative estimate of drug-likeness (QED) is 0.755. The number of nitrogens with one attached hydrogen (secondary N) is 1. The molecule has 1 aliphatic rings. The number of rotatable bonds is 7. The Bertz CT molecular complexity index is 823. The number of amides is 1. The second-order valence-electron chi connectivity index (χ2n) is 6.08. The van der Waals surface area contributed by atoms with Crippen LogP contribution in [0, 0.1) is 0 Å². The molecule has 142 valence electrons. The van der Waals surface area contributed by atoms with Gasteiger partial charge in [0.25, 0.3) is 5.91 Å². The minimum absolute atomic E-state index is 0.0878. The van der Waals surface area contributed by atoms with Crippen LogP contribution in [0.5, 0.6) is 0 Å². The van der Waals surface area contributed by atoms with Gasteiger partial charge in [-0.25, -0.2) is 13.1 Å². The number of piperazine rings is 1. The smallest absolute Gasteiger partial charge is 0.264 e. The molecule has 3 rings (SSSR count). The van der Waals surface area contributed by atoms with E-state index in [9.17, 15) is 13.2 Å². The minimum atomic E-state index is -3.43. The number of sulfonamides is 1. The van der Waals surface area contributed by atoms with Gasteiger partial charge >= 0.3 is 0 Å². The van der Waals surface area contributed by atoms with E-state index in [1.807, 2.05) is 35.4 Å². The molecule has 1 aliphatic heterocycles. The summed E-state index contributed by atoms with van der Waals surface area (Å²) in [6, 6.07) is 7.27. The molecule has 0 aromatic carbocycles. The Balaban J connectivity index is 1.43. The van der Waals surface area contributed by atoms with E-state index in [4.69, 9.17) is 0 Å². The van der Waals surface area contributed by atoms with Crippen molar-refractivity contribution in [3.8, 4) is 0 Å². The highest BCUT2D eigenvalue weighted by Crippen LogP contribution is 2.21. The van der Waals surface area contributed by atoms with Crippen LogP contribution in [0.1, 0.15) is 21.5 Å². The van der Waals surface area contributed by atoms with Gasteiger partial charge in [0.2, 0.25) is 10.0 Å². The SMILES string of the molecule is CCc1ccc(S(=O)(=O)NCCN2CCN(C(=O)c3cccs3)CC2)s1. The molecule has 26 heavy (non-hydrogen) atoms. The van der Waals surface area contributed by atoms with Crippen LogP contribution in [0.15, 0.2) is 33.9 Å². The summed E-state index contributed by atoms with van der Waals surface area (Å²) in [5, 5.41) is 1.91. The van der Waals surface area contributed by atoms with Gasteiger partial charge in [0.15, 0.2) is 0 Å². The highest BCUT2D eigenvalue weighted by Gasteiger charge is 2.23. The lowest BCUT2D eigenvalue weighted by Gasteiger charge is -2.34. The molecule has 1 fully saturated rings. The van der Waals surface area contributed by atoms with Gasteiger partial charge in [-0.1, -0.05) is 13.0 Å². The molecule has 9 heteroatoms. The third-order valence-corrected chi connectivity index (χ3v) is 8.40. The molecule has 3 heterocycles. The Labute approximate surface area is 162 Å². The van der Waals surface area contributed by atoms with E-state index in [2.05, 4.69) is 9.62 Å². The second-order valence-corrected chi connectivity index (χ2v) is 10.2. The highest BCUT2D eigenvalue weighted by atomic mass is 32.2. The summed E-state index contributed by atoms with van der Waals surface area (Å²) >= 11 is 2.78. The van der Waals surface area contributed by atoms with Gasteiger partial charge in [0.1, 0.15) is 4.21 Å². The van der Waals surface area contributed by atoms with E-state index < -0.39 is 10.0 Å². The molecule has 0 spiro atoms. The van der Waals surface area contributed by atoms with Crippen LogP contribution in [0.3, 0.4) is 0 Å².